The lowest BCUT2D eigenvalue weighted by Gasteiger charge is -2.20. The van der Waals surface area contributed by atoms with Crippen LogP contribution < -0.4 is 4.90 Å². The van der Waals surface area contributed by atoms with Gasteiger partial charge in [-0.15, -0.1) is 0 Å². The number of imidazole rings is 1. The minimum atomic E-state index is -0.472. The third-order valence-electron chi connectivity index (χ3n) is 5.97. The van der Waals surface area contributed by atoms with E-state index in [0.717, 1.165) is 17.1 Å². The van der Waals surface area contributed by atoms with Gasteiger partial charge in [0.05, 0.1) is 34.0 Å². The summed E-state index contributed by atoms with van der Waals surface area (Å²) in [5.74, 6) is 0.276. The highest BCUT2D eigenvalue weighted by atomic mass is 35.5. The first-order valence-electron chi connectivity index (χ1n) is 10.8. The van der Waals surface area contributed by atoms with Crippen LogP contribution in [0.4, 0.5) is 10.1 Å². The van der Waals surface area contributed by atoms with Crippen molar-refractivity contribution in [3.8, 4) is 17.2 Å². The third-order valence-corrected chi connectivity index (χ3v) is 6.42. The molecule has 0 bridgehead atoms. The molecule has 5 rings (SSSR count). The van der Waals surface area contributed by atoms with E-state index in [9.17, 15) is 9.18 Å². The summed E-state index contributed by atoms with van der Waals surface area (Å²) in [7, 11) is 0. The van der Waals surface area contributed by atoms with E-state index < -0.39 is 6.04 Å². The van der Waals surface area contributed by atoms with Crippen LogP contribution in [0.25, 0.3) is 17.2 Å². The number of hydrogen-bond donors (Lipinski definition) is 1. The third kappa shape index (κ3) is 3.52. The maximum Gasteiger partial charge on any atom is 0.252 e. The maximum atomic E-state index is 13.5. The molecular weight excluding hydrogens is 445 g/mol. The van der Waals surface area contributed by atoms with Crippen LogP contribution in [0.3, 0.4) is 0 Å². The van der Waals surface area contributed by atoms with E-state index in [-0.39, 0.29) is 17.6 Å². The Balaban J connectivity index is 1.49. The number of nitrogens with one attached hydrogen (secondary N) is 1. The van der Waals surface area contributed by atoms with Gasteiger partial charge in [-0.3, -0.25) is 9.48 Å². The van der Waals surface area contributed by atoms with Crippen LogP contribution in [0.5, 0.6) is 0 Å². The van der Waals surface area contributed by atoms with Crippen molar-refractivity contribution < 1.29 is 9.18 Å². The fourth-order valence-electron chi connectivity index (χ4n) is 4.36. The number of hydrogen-bond acceptors (Lipinski definition) is 4. The number of halogens is 2. The molecule has 1 aliphatic heterocycles. The quantitative estimate of drug-likeness (QED) is 0.462. The zero-order valence-electron chi connectivity index (χ0n) is 18.5. The van der Waals surface area contributed by atoms with Gasteiger partial charge in [0, 0.05) is 18.9 Å². The van der Waals surface area contributed by atoms with Gasteiger partial charge in [0.15, 0.2) is 5.82 Å². The Hall–Kier alpha value is -3.46. The second-order valence-corrected chi connectivity index (χ2v) is 8.76. The van der Waals surface area contributed by atoms with E-state index in [1.54, 1.807) is 45.0 Å². The Kier molecular flexibility index (Phi) is 5.28. The number of carbonyl (C=O) groups excluding carboxylic acids is 1. The summed E-state index contributed by atoms with van der Waals surface area (Å²) >= 11 is 6.53. The number of aromatic amines is 1. The molecule has 1 N–H and O–H groups in total. The van der Waals surface area contributed by atoms with E-state index in [0.29, 0.717) is 35.2 Å². The van der Waals surface area contributed by atoms with E-state index in [1.165, 1.54) is 12.1 Å². The SMILES string of the molecule is Cc1c(Cl)c(-c2ncc[nH]2)nn1C1CCN(c2cnn(-c3ccc(F)cc3)c2C(C)C)C1=O. The molecule has 4 aromatic rings. The minimum Gasteiger partial charge on any atom is -0.343 e. The second kappa shape index (κ2) is 8.15. The van der Waals surface area contributed by atoms with Gasteiger partial charge < -0.3 is 9.88 Å². The number of nitrogens with zero attached hydrogens (tertiary/aromatic N) is 6. The van der Waals surface area contributed by atoms with Crippen molar-refractivity contribution >= 4 is 23.2 Å². The van der Waals surface area contributed by atoms with Gasteiger partial charge in [-0.25, -0.2) is 14.1 Å². The number of aromatic nitrogens is 6. The molecule has 1 amide bonds. The largest absolute Gasteiger partial charge is 0.343 e. The lowest BCUT2D eigenvalue weighted by molar-refractivity contribution is -0.120. The van der Waals surface area contributed by atoms with Gasteiger partial charge >= 0.3 is 0 Å². The molecule has 1 aliphatic rings. The number of benzene rings is 1. The molecule has 0 spiro atoms. The molecule has 8 nitrogen and oxygen atoms in total. The van der Waals surface area contributed by atoms with Gasteiger partial charge in [0.1, 0.15) is 17.6 Å². The van der Waals surface area contributed by atoms with Gasteiger partial charge in [0.25, 0.3) is 5.91 Å². The van der Waals surface area contributed by atoms with E-state index in [4.69, 9.17) is 11.6 Å². The molecule has 1 fully saturated rings. The molecule has 4 heterocycles. The monoisotopic (exact) mass is 467 g/mol. The first-order valence-corrected chi connectivity index (χ1v) is 11.1. The standard InChI is InChI=1S/C23H23ClFN7O/c1-13(2)21-18(12-28-32(21)16-6-4-15(25)5-7-16)30-11-8-17(23(30)33)31-14(3)19(24)20(29-31)22-26-9-10-27-22/h4-7,9-10,12-13,17H,8,11H2,1-3H3,(H,26,27). The smallest absolute Gasteiger partial charge is 0.252 e. The highest BCUT2D eigenvalue weighted by Gasteiger charge is 2.38. The van der Waals surface area contributed by atoms with Gasteiger partial charge in [-0.05, 0) is 43.5 Å². The molecule has 33 heavy (non-hydrogen) atoms. The van der Waals surface area contributed by atoms with Gasteiger partial charge in [-0.1, -0.05) is 25.4 Å². The Morgan fingerprint density at radius 1 is 1.24 bits per heavy atom. The van der Waals surface area contributed by atoms with Crippen LogP contribution in [-0.2, 0) is 4.79 Å². The molecule has 170 valence electrons. The number of carbonyl (C=O) groups is 1. The second-order valence-electron chi connectivity index (χ2n) is 8.38. The van der Waals surface area contributed by atoms with E-state index >= 15 is 0 Å². The highest BCUT2D eigenvalue weighted by molar-refractivity contribution is 6.33. The van der Waals surface area contributed by atoms with Crippen molar-refractivity contribution in [1.29, 1.82) is 0 Å². The maximum absolute atomic E-state index is 13.5. The van der Waals surface area contributed by atoms with Crippen LogP contribution in [-0.4, -0.2) is 42.0 Å². The predicted molar refractivity (Wildman–Crippen MR) is 123 cm³/mol. The van der Waals surface area contributed by atoms with Crippen molar-refractivity contribution in [1.82, 2.24) is 29.5 Å². The number of anilines is 1. The zero-order chi connectivity index (χ0) is 23.3. The topological polar surface area (TPSA) is 84.6 Å². The molecule has 0 radical (unpaired) electrons. The molecule has 0 aliphatic carbocycles. The van der Waals surface area contributed by atoms with Crippen LogP contribution in [0.1, 0.15) is 43.6 Å². The molecule has 1 aromatic carbocycles. The zero-order valence-corrected chi connectivity index (χ0v) is 19.2. The summed E-state index contributed by atoms with van der Waals surface area (Å²) < 4.78 is 16.9. The van der Waals surface area contributed by atoms with Crippen molar-refractivity contribution in [3.63, 3.8) is 0 Å². The Morgan fingerprint density at radius 2 is 2.00 bits per heavy atom. The van der Waals surface area contributed by atoms with E-state index in [1.807, 2.05) is 20.8 Å². The molecule has 0 saturated carbocycles. The van der Waals surface area contributed by atoms with Crippen LogP contribution in [0, 0.1) is 12.7 Å². The van der Waals surface area contributed by atoms with Crippen molar-refractivity contribution in [2.75, 3.05) is 11.4 Å². The minimum absolute atomic E-state index is 0.0659. The summed E-state index contributed by atoms with van der Waals surface area (Å²) in [4.78, 5) is 22.5. The summed E-state index contributed by atoms with van der Waals surface area (Å²) in [6, 6.07) is 5.69. The van der Waals surface area contributed by atoms with Crippen molar-refractivity contribution in [2.24, 2.45) is 0 Å². The normalized spacial score (nSPS) is 16.4. The molecule has 10 heteroatoms. The Morgan fingerprint density at radius 3 is 2.67 bits per heavy atom. The molecule has 3 aromatic heterocycles. The average Bonchev–Trinajstić information content (AvgIpc) is 3.57. The first-order chi connectivity index (χ1) is 15.9. The molecule has 1 unspecified atom stereocenters. The fourth-order valence-corrected chi connectivity index (χ4v) is 4.58. The average molecular weight is 468 g/mol. The Labute approximate surface area is 195 Å². The van der Waals surface area contributed by atoms with E-state index in [2.05, 4.69) is 20.2 Å². The first kappa shape index (κ1) is 21.4. The lowest BCUT2D eigenvalue weighted by Crippen LogP contribution is -2.29. The van der Waals surface area contributed by atoms with Crippen LogP contribution in [0.2, 0.25) is 5.02 Å². The summed E-state index contributed by atoms with van der Waals surface area (Å²) in [5, 5.41) is 9.62. The fraction of sp³-hybridized carbons (Fsp3) is 0.304. The summed E-state index contributed by atoms with van der Waals surface area (Å²) in [6.45, 7) is 6.48. The molecule has 1 atom stereocenters. The predicted octanol–water partition coefficient (Wildman–Crippen LogP) is 4.66. The lowest BCUT2D eigenvalue weighted by atomic mass is 10.1. The van der Waals surface area contributed by atoms with Crippen LogP contribution >= 0.6 is 11.6 Å². The summed E-state index contributed by atoms with van der Waals surface area (Å²) in [6.07, 6.45) is 5.63. The van der Waals surface area contributed by atoms with Crippen LogP contribution in [0.15, 0.2) is 42.9 Å². The summed E-state index contributed by atoms with van der Waals surface area (Å²) in [5.41, 5.74) is 3.63. The molecular formula is C23H23ClFN7O. The van der Waals surface area contributed by atoms with Gasteiger partial charge in [0.2, 0.25) is 0 Å². The van der Waals surface area contributed by atoms with Crippen molar-refractivity contribution in [3.05, 3.63) is 65.1 Å². The number of amides is 1. The van der Waals surface area contributed by atoms with Crippen molar-refractivity contribution in [2.45, 2.75) is 39.2 Å². The highest BCUT2D eigenvalue weighted by Crippen LogP contribution is 2.37. The number of H-pyrrole nitrogens is 1. The molecule has 1 saturated heterocycles. The van der Waals surface area contributed by atoms with Gasteiger partial charge in [-0.2, -0.15) is 10.2 Å². The number of rotatable bonds is 5. The Bertz CT molecular complexity index is 1310.